The molecule has 36 heavy (non-hydrogen) atoms. The van der Waals surface area contributed by atoms with Gasteiger partial charge < -0.3 is 24.8 Å². The Hall–Kier alpha value is -3.66. The first-order valence-corrected chi connectivity index (χ1v) is 12.4. The van der Waals surface area contributed by atoms with Gasteiger partial charge >= 0.3 is 0 Å². The Balaban J connectivity index is 1.37. The SMILES string of the molecule is CC(C)CC(=O)N1CCN(c2ccc(NC(=O)c3ccc(N4CCOCC4)c([N+](=O)[O-])c3)cc2)CC1. The van der Waals surface area contributed by atoms with Crippen LogP contribution in [0.4, 0.5) is 22.7 Å². The molecule has 2 saturated heterocycles. The summed E-state index contributed by atoms with van der Waals surface area (Å²) in [4.78, 5) is 42.4. The molecule has 192 valence electrons. The van der Waals surface area contributed by atoms with Gasteiger partial charge in [0.1, 0.15) is 5.69 Å². The maximum absolute atomic E-state index is 12.8. The molecule has 0 atom stereocenters. The van der Waals surface area contributed by atoms with Crippen LogP contribution in [0.3, 0.4) is 0 Å². The molecule has 0 aromatic heterocycles. The van der Waals surface area contributed by atoms with Crippen molar-refractivity contribution in [1.82, 2.24) is 4.90 Å². The molecule has 10 nitrogen and oxygen atoms in total. The zero-order valence-electron chi connectivity index (χ0n) is 20.8. The third-order valence-corrected chi connectivity index (χ3v) is 6.49. The Morgan fingerprint density at radius 2 is 1.64 bits per heavy atom. The van der Waals surface area contributed by atoms with Crippen molar-refractivity contribution in [2.75, 3.05) is 67.6 Å². The number of hydrogen-bond acceptors (Lipinski definition) is 7. The summed E-state index contributed by atoms with van der Waals surface area (Å²) in [6.45, 7) is 9.19. The normalized spacial score (nSPS) is 16.2. The van der Waals surface area contributed by atoms with Gasteiger partial charge in [-0.3, -0.25) is 19.7 Å². The van der Waals surface area contributed by atoms with Crippen LogP contribution >= 0.6 is 0 Å². The highest BCUT2D eigenvalue weighted by Crippen LogP contribution is 2.30. The van der Waals surface area contributed by atoms with Crippen LogP contribution in [0, 0.1) is 16.0 Å². The second-order valence-electron chi connectivity index (χ2n) is 9.53. The number of amides is 2. The lowest BCUT2D eigenvalue weighted by Gasteiger charge is -2.36. The maximum atomic E-state index is 12.8. The van der Waals surface area contributed by atoms with Crippen molar-refractivity contribution in [1.29, 1.82) is 0 Å². The lowest BCUT2D eigenvalue weighted by molar-refractivity contribution is -0.384. The van der Waals surface area contributed by atoms with Crippen LogP contribution < -0.4 is 15.1 Å². The lowest BCUT2D eigenvalue weighted by atomic mass is 10.1. The van der Waals surface area contributed by atoms with E-state index in [9.17, 15) is 19.7 Å². The van der Waals surface area contributed by atoms with E-state index >= 15 is 0 Å². The Kier molecular flexibility index (Phi) is 8.04. The van der Waals surface area contributed by atoms with Gasteiger partial charge in [-0.1, -0.05) is 13.8 Å². The van der Waals surface area contributed by atoms with Gasteiger partial charge in [0.05, 0.1) is 18.1 Å². The average Bonchev–Trinajstić information content (AvgIpc) is 2.89. The quantitative estimate of drug-likeness (QED) is 0.463. The molecule has 2 aliphatic rings. The van der Waals surface area contributed by atoms with E-state index in [0.717, 1.165) is 18.8 Å². The van der Waals surface area contributed by atoms with Gasteiger partial charge in [-0.2, -0.15) is 0 Å². The molecule has 0 saturated carbocycles. The summed E-state index contributed by atoms with van der Waals surface area (Å²) >= 11 is 0. The van der Waals surface area contributed by atoms with Crippen LogP contribution in [-0.2, 0) is 9.53 Å². The number of piperazine rings is 1. The van der Waals surface area contributed by atoms with Crippen molar-refractivity contribution in [3.8, 4) is 0 Å². The first kappa shape index (κ1) is 25.4. The summed E-state index contributed by atoms with van der Waals surface area (Å²) in [5.74, 6) is 0.157. The molecule has 2 amide bonds. The van der Waals surface area contributed by atoms with Crippen LogP contribution in [0.2, 0.25) is 0 Å². The summed E-state index contributed by atoms with van der Waals surface area (Å²) in [6.07, 6.45) is 0.577. The summed E-state index contributed by atoms with van der Waals surface area (Å²) in [5.41, 5.74) is 2.26. The number of nitro benzene ring substituents is 1. The number of rotatable bonds is 7. The van der Waals surface area contributed by atoms with Gasteiger partial charge in [-0.25, -0.2) is 0 Å². The van der Waals surface area contributed by atoms with E-state index in [-0.39, 0.29) is 17.2 Å². The fourth-order valence-corrected chi connectivity index (χ4v) is 4.53. The molecular formula is C26H33N5O5. The summed E-state index contributed by atoms with van der Waals surface area (Å²) in [5, 5.41) is 14.5. The monoisotopic (exact) mass is 495 g/mol. The number of anilines is 3. The summed E-state index contributed by atoms with van der Waals surface area (Å²) in [6, 6.07) is 12.1. The zero-order valence-corrected chi connectivity index (χ0v) is 20.8. The third-order valence-electron chi connectivity index (χ3n) is 6.49. The van der Waals surface area contributed by atoms with E-state index in [1.807, 2.05) is 34.1 Å². The minimum Gasteiger partial charge on any atom is -0.378 e. The first-order chi connectivity index (χ1) is 17.3. The van der Waals surface area contributed by atoms with Gasteiger partial charge in [0.25, 0.3) is 11.6 Å². The molecule has 4 rings (SSSR count). The number of benzene rings is 2. The molecule has 1 N–H and O–H groups in total. The molecule has 0 radical (unpaired) electrons. The zero-order chi connectivity index (χ0) is 25.7. The Labute approximate surface area is 211 Å². The minimum atomic E-state index is -0.452. The number of nitrogens with zero attached hydrogens (tertiary/aromatic N) is 4. The molecule has 2 aromatic rings. The molecule has 0 unspecified atom stereocenters. The predicted molar refractivity (Wildman–Crippen MR) is 139 cm³/mol. The molecule has 0 bridgehead atoms. The van der Waals surface area contributed by atoms with Crippen molar-refractivity contribution >= 4 is 34.6 Å². The number of hydrogen-bond donors (Lipinski definition) is 1. The molecule has 2 aliphatic heterocycles. The number of nitrogens with one attached hydrogen (secondary N) is 1. The van der Waals surface area contributed by atoms with Gasteiger partial charge in [-0.05, 0) is 42.3 Å². The van der Waals surface area contributed by atoms with Crippen molar-refractivity contribution < 1.29 is 19.2 Å². The maximum Gasteiger partial charge on any atom is 0.293 e. The number of carbonyl (C=O) groups excluding carboxylic acids is 2. The van der Waals surface area contributed by atoms with Crippen LogP contribution in [0.25, 0.3) is 0 Å². The van der Waals surface area contributed by atoms with Crippen LogP contribution in [0.1, 0.15) is 30.6 Å². The highest BCUT2D eigenvalue weighted by molar-refractivity contribution is 6.05. The Morgan fingerprint density at radius 3 is 2.25 bits per heavy atom. The van der Waals surface area contributed by atoms with Crippen LogP contribution in [0.15, 0.2) is 42.5 Å². The molecule has 2 aromatic carbocycles. The van der Waals surface area contributed by atoms with Gasteiger partial charge in [0.15, 0.2) is 0 Å². The van der Waals surface area contributed by atoms with Crippen molar-refractivity contribution in [3.05, 3.63) is 58.1 Å². The van der Waals surface area contributed by atoms with Crippen molar-refractivity contribution in [2.24, 2.45) is 5.92 Å². The average molecular weight is 496 g/mol. The summed E-state index contributed by atoms with van der Waals surface area (Å²) < 4.78 is 5.33. The largest absolute Gasteiger partial charge is 0.378 e. The van der Waals surface area contributed by atoms with Crippen molar-refractivity contribution in [3.63, 3.8) is 0 Å². The standard InChI is InChI=1S/C26H33N5O5/c1-19(2)17-25(32)30-11-9-28(10-12-30)22-6-4-21(5-7-22)27-26(33)20-3-8-23(24(18-20)31(34)35)29-13-15-36-16-14-29/h3-8,18-19H,9-17H2,1-2H3,(H,27,33). The fraction of sp³-hybridized carbons (Fsp3) is 0.462. The molecule has 0 aliphatic carbocycles. The second-order valence-corrected chi connectivity index (χ2v) is 9.53. The van der Waals surface area contributed by atoms with Crippen LogP contribution in [-0.4, -0.2) is 74.1 Å². The Bertz CT molecular complexity index is 1090. The van der Waals surface area contributed by atoms with Gasteiger partial charge in [-0.15, -0.1) is 0 Å². The predicted octanol–water partition coefficient (Wildman–Crippen LogP) is 3.38. The topological polar surface area (TPSA) is 108 Å². The third kappa shape index (κ3) is 6.12. The summed E-state index contributed by atoms with van der Waals surface area (Å²) in [7, 11) is 0. The number of carbonyl (C=O) groups is 2. The molecule has 10 heteroatoms. The van der Waals surface area contributed by atoms with E-state index in [4.69, 9.17) is 4.74 Å². The van der Waals surface area contributed by atoms with Crippen molar-refractivity contribution in [2.45, 2.75) is 20.3 Å². The van der Waals surface area contributed by atoms with Gasteiger partial charge in [0, 0.05) is 68.7 Å². The van der Waals surface area contributed by atoms with Gasteiger partial charge in [0.2, 0.25) is 5.91 Å². The van der Waals surface area contributed by atoms with E-state index in [1.54, 1.807) is 12.1 Å². The van der Waals surface area contributed by atoms with Crippen LogP contribution in [0.5, 0.6) is 0 Å². The smallest absolute Gasteiger partial charge is 0.293 e. The Morgan fingerprint density at radius 1 is 0.972 bits per heavy atom. The molecular weight excluding hydrogens is 462 g/mol. The second kappa shape index (κ2) is 11.4. The fourth-order valence-electron chi connectivity index (χ4n) is 4.53. The lowest BCUT2D eigenvalue weighted by Crippen LogP contribution is -2.49. The highest BCUT2D eigenvalue weighted by atomic mass is 16.6. The number of nitro groups is 1. The highest BCUT2D eigenvalue weighted by Gasteiger charge is 2.24. The first-order valence-electron chi connectivity index (χ1n) is 12.4. The minimum absolute atomic E-state index is 0.0917. The van der Waals surface area contributed by atoms with E-state index in [1.165, 1.54) is 6.07 Å². The molecule has 2 fully saturated rings. The van der Waals surface area contributed by atoms with E-state index in [0.29, 0.717) is 63.1 Å². The molecule has 0 spiro atoms. The van der Waals surface area contributed by atoms with E-state index in [2.05, 4.69) is 24.1 Å². The number of morpholine rings is 1. The number of ether oxygens (including phenoxy) is 1. The molecule has 2 heterocycles. The van der Waals surface area contributed by atoms with E-state index < -0.39 is 10.8 Å².